The van der Waals surface area contributed by atoms with Crippen LogP contribution in [-0.2, 0) is 17.4 Å². The third-order valence-corrected chi connectivity index (χ3v) is 3.01. The van der Waals surface area contributed by atoms with Gasteiger partial charge in [0, 0.05) is 5.56 Å². The first kappa shape index (κ1) is 14.3. The maximum absolute atomic E-state index is 12.4. The van der Waals surface area contributed by atoms with Crippen molar-refractivity contribution in [3.8, 4) is 10.9 Å². The van der Waals surface area contributed by atoms with Crippen molar-refractivity contribution in [2.45, 2.75) is 12.6 Å². The second kappa shape index (κ2) is 5.45. The van der Waals surface area contributed by atoms with Gasteiger partial charge in [0.15, 0.2) is 0 Å². The number of aliphatic carboxylic acids is 1. The van der Waals surface area contributed by atoms with Crippen molar-refractivity contribution in [2.24, 2.45) is 0 Å². The Labute approximate surface area is 114 Å². The highest BCUT2D eigenvalue weighted by Gasteiger charge is 2.36. The maximum Gasteiger partial charge on any atom is 0.445 e. The van der Waals surface area contributed by atoms with E-state index in [1.807, 2.05) is 0 Å². The molecule has 5 nitrogen and oxygen atoms in total. The van der Waals surface area contributed by atoms with Gasteiger partial charge in [-0.3, -0.25) is 4.79 Å². The van der Waals surface area contributed by atoms with Crippen LogP contribution in [0.4, 0.5) is 13.2 Å². The Morgan fingerprint density at radius 2 is 2.00 bits per heavy atom. The summed E-state index contributed by atoms with van der Waals surface area (Å²) < 4.78 is 42.3. The molecule has 0 fully saturated rings. The van der Waals surface area contributed by atoms with Gasteiger partial charge in [0.05, 0.1) is 6.42 Å². The largest absolute Gasteiger partial charge is 0.481 e. The van der Waals surface area contributed by atoms with E-state index in [0.717, 1.165) is 0 Å². The predicted molar refractivity (Wildman–Crippen MR) is 62.8 cm³/mol. The molecule has 2 aromatic rings. The molecule has 0 aliphatic rings. The first-order valence-corrected chi connectivity index (χ1v) is 6.06. The van der Waals surface area contributed by atoms with Crippen LogP contribution in [-0.4, -0.2) is 21.3 Å². The smallest absolute Gasteiger partial charge is 0.445 e. The number of carboxylic acids is 1. The molecule has 0 radical (unpaired) electrons. The van der Waals surface area contributed by atoms with Gasteiger partial charge >= 0.3 is 12.1 Å². The van der Waals surface area contributed by atoms with E-state index in [2.05, 4.69) is 10.2 Å². The zero-order chi connectivity index (χ0) is 14.8. The average Bonchev–Trinajstić information content (AvgIpc) is 2.79. The maximum atomic E-state index is 12.4. The molecule has 0 saturated carbocycles. The lowest BCUT2D eigenvalue weighted by Crippen LogP contribution is -2.03. The number of aromatic nitrogens is 2. The van der Waals surface area contributed by atoms with Crippen LogP contribution < -0.4 is 4.74 Å². The molecule has 0 spiro atoms. The number of halogens is 3. The Morgan fingerprint density at radius 3 is 2.60 bits per heavy atom. The van der Waals surface area contributed by atoms with E-state index in [1.54, 1.807) is 12.1 Å². The van der Waals surface area contributed by atoms with Gasteiger partial charge in [0.25, 0.3) is 5.19 Å². The summed E-state index contributed by atoms with van der Waals surface area (Å²) in [6.07, 6.45) is -4.89. The molecule has 0 aliphatic heterocycles. The first-order valence-electron chi connectivity index (χ1n) is 5.24. The molecule has 20 heavy (non-hydrogen) atoms. The topological polar surface area (TPSA) is 72.3 Å². The summed E-state index contributed by atoms with van der Waals surface area (Å²) in [6.45, 7) is 0. The molecular formula is C11H7F3N2O3S. The Balaban J connectivity index is 2.22. The van der Waals surface area contributed by atoms with Gasteiger partial charge < -0.3 is 9.84 Å². The molecule has 2 rings (SSSR count). The number of benzene rings is 1. The number of hydrogen-bond donors (Lipinski definition) is 1. The number of nitrogens with zero attached hydrogens (tertiary/aromatic N) is 2. The molecule has 1 N–H and O–H groups in total. The van der Waals surface area contributed by atoms with Crippen LogP contribution in [0.2, 0.25) is 0 Å². The number of hydrogen-bond acceptors (Lipinski definition) is 5. The fraction of sp³-hybridized carbons (Fsp3) is 0.182. The van der Waals surface area contributed by atoms with Crippen LogP contribution in [0.15, 0.2) is 24.3 Å². The van der Waals surface area contributed by atoms with Crippen LogP contribution in [0.3, 0.4) is 0 Å². The van der Waals surface area contributed by atoms with Gasteiger partial charge in [0.2, 0.25) is 5.01 Å². The van der Waals surface area contributed by atoms with Crippen LogP contribution in [0, 0.1) is 0 Å². The van der Waals surface area contributed by atoms with E-state index >= 15 is 0 Å². The van der Waals surface area contributed by atoms with Crippen molar-refractivity contribution in [3.05, 3.63) is 34.8 Å². The molecule has 1 heterocycles. The summed E-state index contributed by atoms with van der Waals surface area (Å²) in [5.41, 5.74) is 0.337. The fourth-order valence-electron chi connectivity index (χ4n) is 1.37. The summed E-state index contributed by atoms with van der Waals surface area (Å²) in [5.74, 6) is -0.936. The molecule has 0 aliphatic carbocycles. The first-order chi connectivity index (χ1) is 9.36. The zero-order valence-corrected chi connectivity index (χ0v) is 10.5. The van der Waals surface area contributed by atoms with Crippen LogP contribution >= 0.6 is 11.3 Å². The summed E-state index contributed by atoms with van der Waals surface area (Å²) >= 11 is 0.245. The number of carboxylic acid groups (broad SMARTS) is 1. The van der Waals surface area contributed by atoms with Gasteiger partial charge in [0.1, 0.15) is 5.75 Å². The van der Waals surface area contributed by atoms with Crippen LogP contribution in [0.1, 0.15) is 10.6 Å². The molecule has 106 valence electrons. The van der Waals surface area contributed by atoms with Gasteiger partial charge in [-0.05, 0) is 6.07 Å². The predicted octanol–water partition coefficient (Wildman–Crippen LogP) is 2.98. The van der Waals surface area contributed by atoms with Gasteiger partial charge in [-0.25, -0.2) is 0 Å². The third-order valence-electron chi connectivity index (χ3n) is 2.16. The Hall–Kier alpha value is -2.16. The van der Waals surface area contributed by atoms with E-state index in [1.165, 1.54) is 12.1 Å². The second-order valence-electron chi connectivity index (χ2n) is 3.65. The Bertz CT molecular complexity index is 627. The SMILES string of the molecule is O=C(O)Cc1ccccc1Oc1nnc(C(F)(F)F)s1. The minimum absolute atomic E-state index is 0.139. The highest BCUT2D eigenvalue weighted by molar-refractivity contribution is 7.13. The zero-order valence-electron chi connectivity index (χ0n) is 9.72. The highest BCUT2D eigenvalue weighted by atomic mass is 32.1. The molecule has 0 amide bonds. The lowest BCUT2D eigenvalue weighted by Gasteiger charge is -2.06. The third kappa shape index (κ3) is 3.44. The number of rotatable bonds is 4. The average molecular weight is 304 g/mol. The number of para-hydroxylation sites is 1. The fourth-order valence-corrected chi connectivity index (χ4v) is 1.95. The lowest BCUT2D eigenvalue weighted by atomic mass is 10.1. The second-order valence-corrected chi connectivity index (χ2v) is 4.59. The van der Waals surface area contributed by atoms with Gasteiger partial charge in [-0.1, -0.05) is 34.6 Å². The van der Waals surface area contributed by atoms with E-state index in [9.17, 15) is 18.0 Å². The number of ether oxygens (including phenoxy) is 1. The van der Waals surface area contributed by atoms with Crippen molar-refractivity contribution < 1.29 is 27.8 Å². The number of carbonyl (C=O) groups is 1. The molecule has 9 heteroatoms. The normalized spacial score (nSPS) is 11.3. The molecule has 0 saturated heterocycles. The summed E-state index contributed by atoms with van der Waals surface area (Å²) in [7, 11) is 0. The monoisotopic (exact) mass is 304 g/mol. The lowest BCUT2D eigenvalue weighted by molar-refractivity contribution is -0.138. The van der Waals surface area contributed by atoms with Crippen molar-refractivity contribution in [3.63, 3.8) is 0 Å². The van der Waals surface area contributed by atoms with Crippen molar-refractivity contribution in [1.82, 2.24) is 10.2 Å². The van der Waals surface area contributed by atoms with Crippen molar-refractivity contribution in [1.29, 1.82) is 0 Å². The molecule has 1 aromatic carbocycles. The van der Waals surface area contributed by atoms with E-state index in [-0.39, 0.29) is 28.7 Å². The highest BCUT2D eigenvalue weighted by Crippen LogP contribution is 2.36. The minimum Gasteiger partial charge on any atom is -0.481 e. The van der Waals surface area contributed by atoms with Crippen molar-refractivity contribution in [2.75, 3.05) is 0 Å². The molecule has 0 bridgehead atoms. The van der Waals surface area contributed by atoms with E-state index in [0.29, 0.717) is 5.56 Å². The summed E-state index contributed by atoms with van der Waals surface area (Å²) in [6, 6.07) is 6.14. The summed E-state index contributed by atoms with van der Waals surface area (Å²) in [5, 5.41) is 13.6. The standard InChI is InChI=1S/C11H7F3N2O3S/c12-11(13,14)9-15-16-10(20-9)19-7-4-2-1-3-6(7)5-8(17)18/h1-4H,5H2,(H,17,18). The quantitative estimate of drug-likeness (QED) is 0.940. The molecule has 1 aromatic heterocycles. The molecule has 0 unspecified atom stereocenters. The number of alkyl halides is 3. The van der Waals surface area contributed by atoms with E-state index < -0.39 is 17.2 Å². The summed E-state index contributed by atoms with van der Waals surface area (Å²) in [4.78, 5) is 10.7. The van der Waals surface area contributed by atoms with E-state index in [4.69, 9.17) is 9.84 Å². The van der Waals surface area contributed by atoms with Gasteiger partial charge in [-0.15, -0.1) is 5.10 Å². The Kier molecular flexibility index (Phi) is 3.89. The van der Waals surface area contributed by atoms with Crippen LogP contribution in [0.25, 0.3) is 0 Å². The molecular weight excluding hydrogens is 297 g/mol. The Morgan fingerprint density at radius 1 is 1.30 bits per heavy atom. The van der Waals surface area contributed by atoms with Crippen molar-refractivity contribution >= 4 is 17.3 Å². The van der Waals surface area contributed by atoms with Crippen LogP contribution in [0.5, 0.6) is 10.9 Å². The molecule has 0 atom stereocenters. The van der Waals surface area contributed by atoms with Gasteiger partial charge in [-0.2, -0.15) is 13.2 Å². The minimum atomic E-state index is -4.58.